The van der Waals surface area contributed by atoms with Gasteiger partial charge in [-0.3, -0.25) is 0 Å². The minimum Gasteiger partial charge on any atom is -0.379 e. The first kappa shape index (κ1) is 13.3. The number of rotatable bonds is 4. The van der Waals surface area contributed by atoms with Crippen molar-refractivity contribution in [3.8, 4) is 0 Å². The summed E-state index contributed by atoms with van der Waals surface area (Å²) in [5.41, 5.74) is 0.654. The van der Waals surface area contributed by atoms with E-state index in [9.17, 15) is 4.39 Å². The quantitative estimate of drug-likeness (QED) is 0.887. The zero-order chi connectivity index (χ0) is 13.0. The molecule has 1 aromatic rings. The predicted molar refractivity (Wildman–Crippen MR) is 71.5 cm³/mol. The van der Waals surface area contributed by atoms with E-state index in [4.69, 9.17) is 4.74 Å². The molecule has 0 saturated carbocycles. The highest BCUT2D eigenvalue weighted by molar-refractivity contribution is 5.47. The number of halogens is 1. The first-order chi connectivity index (χ1) is 8.68. The van der Waals surface area contributed by atoms with Gasteiger partial charge in [0.2, 0.25) is 0 Å². The van der Waals surface area contributed by atoms with Crippen LogP contribution >= 0.6 is 0 Å². The molecule has 1 heterocycles. The number of hydrogen-bond acceptors (Lipinski definition) is 3. The smallest absolute Gasteiger partial charge is 0.146 e. The van der Waals surface area contributed by atoms with Gasteiger partial charge in [0.15, 0.2) is 0 Å². The Morgan fingerprint density at radius 3 is 2.94 bits per heavy atom. The molecule has 0 spiro atoms. The van der Waals surface area contributed by atoms with E-state index in [-0.39, 0.29) is 11.9 Å². The van der Waals surface area contributed by atoms with Crippen LogP contribution in [0, 0.1) is 5.82 Å². The molecule has 18 heavy (non-hydrogen) atoms. The molecule has 0 aromatic heterocycles. The zero-order valence-electron chi connectivity index (χ0n) is 11.0. The lowest BCUT2D eigenvalue weighted by molar-refractivity contribution is 0.0724. The second-order valence-corrected chi connectivity index (χ2v) is 4.87. The van der Waals surface area contributed by atoms with E-state index in [1.165, 1.54) is 6.07 Å². The van der Waals surface area contributed by atoms with Crippen LogP contribution in [0.1, 0.15) is 13.3 Å². The molecule has 2 rings (SSSR count). The van der Waals surface area contributed by atoms with Crippen molar-refractivity contribution >= 4 is 5.69 Å². The van der Waals surface area contributed by atoms with Gasteiger partial charge in [-0.2, -0.15) is 0 Å². The third-order valence-electron chi connectivity index (χ3n) is 3.52. The van der Waals surface area contributed by atoms with Gasteiger partial charge in [0.05, 0.1) is 18.9 Å². The van der Waals surface area contributed by atoms with E-state index < -0.39 is 0 Å². The van der Waals surface area contributed by atoms with Crippen molar-refractivity contribution in [2.45, 2.75) is 25.4 Å². The highest BCUT2D eigenvalue weighted by Crippen LogP contribution is 2.21. The summed E-state index contributed by atoms with van der Waals surface area (Å²) in [7, 11) is 1.94. The van der Waals surface area contributed by atoms with Crippen molar-refractivity contribution in [3.63, 3.8) is 0 Å². The molecule has 1 aliphatic rings. The average Bonchev–Trinajstić information content (AvgIpc) is 2.39. The molecule has 3 nitrogen and oxygen atoms in total. The molecule has 2 unspecified atom stereocenters. The monoisotopic (exact) mass is 252 g/mol. The Morgan fingerprint density at radius 1 is 1.50 bits per heavy atom. The van der Waals surface area contributed by atoms with Crippen LogP contribution in [0.25, 0.3) is 0 Å². The van der Waals surface area contributed by atoms with Gasteiger partial charge in [0.1, 0.15) is 5.82 Å². The van der Waals surface area contributed by atoms with E-state index in [2.05, 4.69) is 12.2 Å². The lowest BCUT2D eigenvalue weighted by Crippen LogP contribution is -2.45. The van der Waals surface area contributed by atoms with E-state index in [1.807, 2.05) is 24.1 Å². The minimum absolute atomic E-state index is 0.167. The van der Waals surface area contributed by atoms with Crippen LogP contribution in [-0.4, -0.2) is 38.9 Å². The third kappa shape index (κ3) is 3.21. The van der Waals surface area contributed by atoms with Gasteiger partial charge in [0, 0.05) is 25.7 Å². The summed E-state index contributed by atoms with van der Waals surface area (Å²) < 4.78 is 19.1. The topological polar surface area (TPSA) is 24.5 Å². The summed E-state index contributed by atoms with van der Waals surface area (Å²) in [5.74, 6) is -0.167. The van der Waals surface area contributed by atoms with E-state index in [0.717, 1.165) is 26.2 Å². The van der Waals surface area contributed by atoms with Crippen LogP contribution in [-0.2, 0) is 4.74 Å². The molecule has 1 N–H and O–H groups in total. The Morgan fingerprint density at radius 2 is 2.28 bits per heavy atom. The summed E-state index contributed by atoms with van der Waals surface area (Å²) in [6.07, 6.45) is 0.949. The standard InChI is InChI=1S/C14H21FN2O/c1-11(9-12-10-18-8-7-16-12)17(2)14-6-4-3-5-13(14)15/h3-6,11-12,16H,7-10H2,1-2H3. The van der Waals surface area contributed by atoms with Crippen LogP contribution in [0.5, 0.6) is 0 Å². The molecule has 2 atom stereocenters. The van der Waals surface area contributed by atoms with Crippen molar-refractivity contribution < 1.29 is 9.13 Å². The van der Waals surface area contributed by atoms with Gasteiger partial charge in [0.25, 0.3) is 0 Å². The van der Waals surface area contributed by atoms with E-state index in [1.54, 1.807) is 6.07 Å². The fourth-order valence-electron chi connectivity index (χ4n) is 2.32. The van der Waals surface area contributed by atoms with Gasteiger partial charge < -0.3 is 15.0 Å². The van der Waals surface area contributed by atoms with Crippen molar-refractivity contribution in [1.29, 1.82) is 0 Å². The molecule has 1 saturated heterocycles. The maximum atomic E-state index is 13.7. The van der Waals surface area contributed by atoms with Crippen LogP contribution < -0.4 is 10.2 Å². The number of nitrogens with one attached hydrogen (secondary N) is 1. The fraction of sp³-hybridized carbons (Fsp3) is 0.571. The van der Waals surface area contributed by atoms with Crippen LogP contribution in [0.3, 0.4) is 0 Å². The molecule has 0 bridgehead atoms. The molecule has 1 aliphatic heterocycles. The Bertz CT molecular complexity index is 380. The molecular weight excluding hydrogens is 231 g/mol. The SMILES string of the molecule is CC(CC1COCCN1)N(C)c1ccccc1F. The first-order valence-electron chi connectivity index (χ1n) is 6.47. The predicted octanol–water partition coefficient (Wildman–Crippen LogP) is 2.03. The molecule has 0 amide bonds. The highest BCUT2D eigenvalue weighted by Gasteiger charge is 2.20. The Hall–Kier alpha value is -1.13. The third-order valence-corrected chi connectivity index (χ3v) is 3.52. The molecule has 0 radical (unpaired) electrons. The lowest BCUT2D eigenvalue weighted by Gasteiger charge is -2.32. The molecule has 100 valence electrons. The number of ether oxygens (including phenoxy) is 1. The van der Waals surface area contributed by atoms with E-state index in [0.29, 0.717) is 11.7 Å². The number of morpholine rings is 1. The van der Waals surface area contributed by atoms with Gasteiger partial charge in [-0.1, -0.05) is 12.1 Å². The Balaban J connectivity index is 1.95. The lowest BCUT2D eigenvalue weighted by atomic mass is 10.1. The van der Waals surface area contributed by atoms with Crippen LogP contribution in [0.4, 0.5) is 10.1 Å². The summed E-state index contributed by atoms with van der Waals surface area (Å²) >= 11 is 0. The number of benzene rings is 1. The largest absolute Gasteiger partial charge is 0.379 e. The Kier molecular flexibility index (Phi) is 4.55. The molecule has 1 aromatic carbocycles. The van der Waals surface area contributed by atoms with Gasteiger partial charge in [-0.25, -0.2) is 4.39 Å². The highest BCUT2D eigenvalue weighted by atomic mass is 19.1. The molecule has 4 heteroatoms. The summed E-state index contributed by atoms with van der Waals surface area (Å²) in [6.45, 7) is 4.55. The fourth-order valence-corrected chi connectivity index (χ4v) is 2.32. The summed E-state index contributed by atoms with van der Waals surface area (Å²) in [6, 6.07) is 7.53. The summed E-state index contributed by atoms with van der Waals surface area (Å²) in [5, 5.41) is 3.43. The Labute approximate surface area is 108 Å². The van der Waals surface area contributed by atoms with Crippen molar-refractivity contribution in [1.82, 2.24) is 5.32 Å². The number of para-hydroxylation sites is 1. The van der Waals surface area contributed by atoms with Crippen LogP contribution in [0.2, 0.25) is 0 Å². The normalized spacial score (nSPS) is 21.6. The molecule has 1 fully saturated rings. The maximum absolute atomic E-state index is 13.7. The summed E-state index contributed by atoms with van der Waals surface area (Å²) in [4.78, 5) is 1.99. The van der Waals surface area contributed by atoms with Gasteiger partial charge in [-0.15, -0.1) is 0 Å². The second-order valence-electron chi connectivity index (χ2n) is 4.87. The molecular formula is C14H21FN2O. The number of anilines is 1. The second kappa shape index (κ2) is 6.16. The minimum atomic E-state index is -0.167. The van der Waals surface area contributed by atoms with Crippen molar-refractivity contribution in [2.24, 2.45) is 0 Å². The van der Waals surface area contributed by atoms with Gasteiger partial charge >= 0.3 is 0 Å². The number of hydrogen-bond donors (Lipinski definition) is 1. The van der Waals surface area contributed by atoms with Gasteiger partial charge in [-0.05, 0) is 25.5 Å². The average molecular weight is 252 g/mol. The van der Waals surface area contributed by atoms with Crippen molar-refractivity contribution in [2.75, 3.05) is 31.7 Å². The van der Waals surface area contributed by atoms with Crippen LogP contribution in [0.15, 0.2) is 24.3 Å². The molecule has 0 aliphatic carbocycles. The van der Waals surface area contributed by atoms with E-state index >= 15 is 0 Å². The van der Waals surface area contributed by atoms with Crippen molar-refractivity contribution in [3.05, 3.63) is 30.1 Å². The number of nitrogens with zero attached hydrogens (tertiary/aromatic N) is 1. The first-order valence-corrected chi connectivity index (χ1v) is 6.47. The maximum Gasteiger partial charge on any atom is 0.146 e. The zero-order valence-corrected chi connectivity index (χ0v) is 11.0.